The number of aromatic nitrogens is 1. The van der Waals surface area contributed by atoms with Crippen LogP contribution in [0.1, 0.15) is 11.1 Å². The van der Waals surface area contributed by atoms with Gasteiger partial charge in [0.1, 0.15) is 0 Å². The molecule has 0 spiro atoms. The highest BCUT2D eigenvalue weighted by Crippen LogP contribution is 2.31. The number of nitrogens with zero attached hydrogens (tertiary/aromatic N) is 3. The first kappa shape index (κ1) is 12.4. The summed E-state index contributed by atoms with van der Waals surface area (Å²) < 4.78 is 0. The van der Waals surface area contributed by atoms with Crippen molar-refractivity contribution in [3.05, 3.63) is 57.8 Å². The minimum Gasteiger partial charge on any atom is -0.398 e. The fourth-order valence-corrected chi connectivity index (χ4v) is 2.56. The van der Waals surface area contributed by atoms with Gasteiger partial charge in [0.25, 0.3) is 0 Å². The maximum Gasteiger partial charge on any atom is 0.311 e. The Morgan fingerprint density at radius 3 is 2.95 bits per heavy atom. The predicted octanol–water partition coefficient (Wildman–Crippen LogP) is 2.13. The Morgan fingerprint density at radius 2 is 2.15 bits per heavy atom. The van der Waals surface area contributed by atoms with Crippen LogP contribution in [-0.4, -0.2) is 16.5 Å². The standard InChI is InChI=1S/C14H14N4O2/c15-12-4-1-3-10-6-8-17(9-11(10)12)14-13(18(19)20)5-2-7-16-14/h1-5,7H,6,8-9,15H2. The van der Waals surface area contributed by atoms with Crippen LogP contribution >= 0.6 is 0 Å². The maximum atomic E-state index is 11.1. The zero-order valence-electron chi connectivity index (χ0n) is 10.8. The Kier molecular flexibility index (Phi) is 2.98. The summed E-state index contributed by atoms with van der Waals surface area (Å²) in [5.41, 5.74) is 9.01. The summed E-state index contributed by atoms with van der Waals surface area (Å²) in [6.07, 6.45) is 2.39. The monoisotopic (exact) mass is 270 g/mol. The molecular weight excluding hydrogens is 256 g/mol. The lowest BCUT2D eigenvalue weighted by Gasteiger charge is -2.30. The van der Waals surface area contributed by atoms with Crippen LogP contribution in [0.5, 0.6) is 0 Å². The number of rotatable bonds is 2. The Balaban J connectivity index is 1.99. The molecule has 2 aromatic rings. The average molecular weight is 270 g/mol. The zero-order chi connectivity index (χ0) is 14.1. The molecule has 3 rings (SSSR count). The van der Waals surface area contributed by atoms with Gasteiger partial charge in [0.05, 0.1) is 4.92 Å². The van der Waals surface area contributed by atoms with Crippen molar-refractivity contribution in [3.8, 4) is 0 Å². The normalized spacial score (nSPS) is 13.9. The van der Waals surface area contributed by atoms with E-state index >= 15 is 0 Å². The zero-order valence-corrected chi connectivity index (χ0v) is 10.8. The van der Waals surface area contributed by atoms with E-state index < -0.39 is 4.92 Å². The lowest BCUT2D eigenvalue weighted by atomic mass is 9.98. The highest BCUT2D eigenvalue weighted by Gasteiger charge is 2.25. The van der Waals surface area contributed by atoms with Crippen molar-refractivity contribution in [2.24, 2.45) is 0 Å². The summed E-state index contributed by atoms with van der Waals surface area (Å²) in [6, 6.07) is 8.90. The van der Waals surface area contributed by atoms with Gasteiger partial charge < -0.3 is 10.6 Å². The SMILES string of the molecule is Nc1cccc2c1CN(c1ncccc1[N+](=O)[O-])CC2. The molecule has 102 valence electrons. The molecule has 20 heavy (non-hydrogen) atoms. The molecule has 1 aliphatic rings. The number of nitrogens with two attached hydrogens (primary N) is 1. The van der Waals surface area contributed by atoms with Crippen LogP contribution in [0, 0.1) is 10.1 Å². The summed E-state index contributed by atoms with van der Waals surface area (Å²) in [5, 5.41) is 11.1. The molecular formula is C14H14N4O2. The fourth-order valence-electron chi connectivity index (χ4n) is 2.56. The maximum absolute atomic E-state index is 11.1. The van der Waals surface area contributed by atoms with Gasteiger partial charge in [-0.3, -0.25) is 10.1 Å². The van der Waals surface area contributed by atoms with Gasteiger partial charge >= 0.3 is 5.69 Å². The van der Waals surface area contributed by atoms with Gasteiger partial charge in [-0.15, -0.1) is 0 Å². The van der Waals surface area contributed by atoms with Crippen molar-refractivity contribution in [3.63, 3.8) is 0 Å². The highest BCUT2D eigenvalue weighted by molar-refractivity contribution is 5.61. The number of benzene rings is 1. The van der Waals surface area contributed by atoms with E-state index in [2.05, 4.69) is 11.1 Å². The van der Waals surface area contributed by atoms with Gasteiger partial charge in [-0.05, 0) is 29.7 Å². The van der Waals surface area contributed by atoms with Gasteiger partial charge in [0, 0.05) is 31.0 Å². The number of nitro groups is 1. The van der Waals surface area contributed by atoms with Crippen molar-refractivity contribution in [2.75, 3.05) is 17.2 Å². The molecule has 0 bridgehead atoms. The second-order valence-corrected chi connectivity index (χ2v) is 4.76. The second kappa shape index (κ2) is 4.80. The van der Waals surface area contributed by atoms with E-state index in [9.17, 15) is 10.1 Å². The molecule has 0 unspecified atom stereocenters. The van der Waals surface area contributed by atoms with Gasteiger partial charge in [-0.25, -0.2) is 4.98 Å². The minimum absolute atomic E-state index is 0.0328. The summed E-state index contributed by atoms with van der Waals surface area (Å²) in [6.45, 7) is 1.26. The second-order valence-electron chi connectivity index (χ2n) is 4.76. The van der Waals surface area contributed by atoms with E-state index in [1.807, 2.05) is 17.0 Å². The first-order valence-electron chi connectivity index (χ1n) is 6.37. The van der Waals surface area contributed by atoms with Gasteiger partial charge in [-0.1, -0.05) is 12.1 Å². The van der Waals surface area contributed by atoms with E-state index in [4.69, 9.17) is 5.73 Å². The van der Waals surface area contributed by atoms with Crippen molar-refractivity contribution in [2.45, 2.75) is 13.0 Å². The third-order valence-electron chi connectivity index (χ3n) is 3.57. The minimum atomic E-state index is -0.397. The molecule has 6 heteroatoms. The Labute approximate surface area is 116 Å². The highest BCUT2D eigenvalue weighted by atomic mass is 16.6. The topological polar surface area (TPSA) is 85.3 Å². The number of anilines is 2. The number of nitrogen functional groups attached to an aromatic ring is 1. The lowest BCUT2D eigenvalue weighted by molar-refractivity contribution is -0.384. The summed E-state index contributed by atoms with van der Waals surface area (Å²) >= 11 is 0. The molecule has 0 radical (unpaired) electrons. The summed E-state index contributed by atoms with van der Waals surface area (Å²) in [7, 11) is 0. The van der Waals surface area contributed by atoms with E-state index in [-0.39, 0.29) is 5.69 Å². The molecule has 6 nitrogen and oxygen atoms in total. The van der Waals surface area contributed by atoms with Crippen LogP contribution in [0.3, 0.4) is 0 Å². The molecule has 1 aliphatic heterocycles. The van der Waals surface area contributed by atoms with Gasteiger partial charge in [-0.2, -0.15) is 0 Å². The first-order chi connectivity index (χ1) is 9.66. The number of pyridine rings is 1. The molecule has 2 heterocycles. The van der Waals surface area contributed by atoms with E-state index in [0.29, 0.717) is 18.9 Å². The summed E-state index contributed by atoms with van der Waals surface area (Å²) in [4.78, 5) is 16.8. The predicted molar refractivity (Wildman–Crippen MR) is 76.5 cm³/mol. The number of hydrogen-bond donors (Lipinski definition) is 1. The lowest BCUT2D eigenvalue weighted by Crippen LogP contribution is -2.32. The molecule has 1 aromatic heterocycles. The van der Waals surface area contributed by atoms with Crippen molar-refractivity contribution in [1.82, 2.24) is 4.98 Å². The number of fused-ring (bicyclic) bond motifs is 1. The van der Waals surface area contributed by atoms with Crippen LogP contribution < -0.4 is 10.6 Å². The van der Waals surface area contributed by atoms with Crippen LogP contribution in [-0.2, 0) is 13.0 Å². The quantitative estimate of drug-likeness (QED) is 0.513. The van der Waals surface area contributed by atoms with E-state index in [1.165, 1.54) is 11.6 Å². The van der Waals surface area contributed by atoms with Gasteiger partial charge in [0.15, 0.2) is 0 Å². The number of hydrogen-bond acceptors (Lipinski definition) is 5. The van der Waals surface area contributed by atoms with Crippen LogP contribution in [0.2, 0.25) is 0 Å². The van der Waals surface area contributed by atoms with Crippen LogP contribution in [0.4, 0.5) is 17.2 Å². The Bertz CT molecular complexity index is 672. The molecule has 1 aromatic carbocycles. The molecule has 0 amide bonds. The molecule has 2 N–H and O–H groups in total. The molecule has 0 saturated heterocycles. The Morgan fingerprint density at radius 1 is 1.30 bits per heavy atom. The van der Waals surface area contributed by atoms with Gasteiger partial charge in [0.2, 0.25) is 5.82 Å². The third kappa shape index (κ3) is 2.05. The van der Waals surface area contributed by atoms with Crippen molar-refractivity contribution < 1.29 is 4.92 Å². The fraction of sp³-hybridized carbons (Fsp3) is 0.214. The average Bonchev–Trinajstić information content (AvgIpc) is 2.47. The third-order valence-corrected chi connectivity index (χ3v) is 3.57. The van der Waals surface area contributed by atoms with Crippen molar-refractivity contribution in [1.29, 1.82) is 0 Å². The molecule has 0 aliphatic carbocycles. The first-order valence-corrected chi connectivity index (χ1v) is 6.37. The van der Waals surface area contributed by atoms with Crippen molar-refractivity contribution >= 4 is 17.2 Å². The molecule has 0 saturated carbocycles. The smallest absolute Gasteiger partial charge is 0.311 e. The molecule has 0 fully saturated rings. The van der Waals surface area contributed by atoms with E-state index in [0.717, 1.165) is 17.7 Å². The Hall–Kier alpha value is -2.63. The van der Waals surface area contributed by atoms with E-state index in [1.54, 1.807) is 12.3 Å². The van der Waals surface area contributed by atoms with Crippen LogP contribution in [0.25, 0.3) is 0 Å². The molecule has 0 atom stereocenters. The largest absolute Gasteiger partial charge is 0.398 e. The van der Waals surface area contributed by atoms with Crippen LogP contribution in [0.15, 0.2) is 36.5 Å². The summed E-state index contributed by atoms with van der Waals surface area (Å²) in [5.74, 6) is 0.409.